The lowest BCUT2D eigenvalue weighted by molar-refractivity contribution is 0.318. The van der Waals surface area contributed by atoms with Crippen LogP contribution in [0.5, 0.6) is 0 Å². The third-order valence-electron chi connectivity index (χ3n) is 2.04. The lowest BCUT2D eigenvalue weighted by atomic mass is 10.2. The van der Waals surface area contributed by atoms with Gasteiger partial charge in [-0.05, 0) is 12.1 Å². The van der Waals surface area contributed by atoms with Crippen LogP contribution in [0.4, 0.5) is 8.78 Å². The molecule has 0 aliphatic rings. The van der Waals surface area contributed by atoms with E-state index in [1.54, 1.807) is 0 Å². The summed E-state index contributed by atoms with van der Waals surface area (Å²) < 4.78 is 26.2. The molecule has 88 valence electrons. The average Bonchev–Trinajstić information content (AvgIpc) is 2.77. The molecule has 0 saturated carbocycles. The maximum absolute atomic E-state index is 13.4. The van der Waals surface area contributed by atoms with Gasteiger partial charge >= 0.3 is 0 Å². The van der Waals surface area contributed by atoms with E-state index >= 15 is 0 Å². The monoisotopic (exact) mass is 255 g/mol. The molecule has 0 fully saturated rings. The largest absolute Gasteiger partial charge is 0.409 e. The Kier molecular flexibility index (Phi) is 3.01. The van der Waals surface area contributed by atoms with Crippen molar-refractivity contribution in [2.24, 2.45) is 10.9 Å². The molecule has 0 atom stereocenters. The molecule has 7 heteroatoms. The van der Waals surface area contributed by atoms with Gasteiger partial charge in [-0.1, -0.05) is 5.16 Å². The second-order valence-corrected chi connectivity index (χ2v) is 4.01. The number of benzene rings is 1. The molecular formula is C10H7F2N3OS. The first-order valence-corrected chi connectivity index (χ1v) is 5.38. The second kappa shape index (κ2) is 4.46. The van der Waals surface area contributed by atoms with Crippen LogP contribution >= 0.6 is 11.3 Å². The SMILES string of the molecule is NC(=NO)c1csc(-c2ccc(F)cc2F)n1. The van der Waals surface area contributed by atoms with Crippen molar-refractivity contribution in [2.45, 2.75) is 0 Å². The van der Waals surface area contributed by atoms with Gasteiger partial charge in [-0.2, -0.15) is 0 Å². The number of oxime groups is 1. The molecule has 0 bridgehead atoms. The average molecular weight is 255 g/mol. The molecule has 17 heavy (non-hydrogen) atoms. The molecular weight excluding hydrogens is 248 g/mol. The number of nitrogens with zero attached hydrogens (tertiary/aromatic N) is 2. The molecule has 2 aromatic rings. The fourth-order valence-electron chi connectivity index (χ4n) is 1.23. The quantitative estimate of drug-likeness (QED) is 0.374. The van der Waals surface area contributed by atoms with E-state index in [1.807, 2.05) is 0 Å². The minimum Gasteiger partial charge on any atom is -0.409 e. The topological polar surface area (TPSA) is 71.5 Å². The maximum atomic E-state index is 13.4. The first-order valence-electron chi connectivity index (χ1n) is 4.50. The third kappa shape index (κ3) is 2.23. The highest BCUT2D eigenvalue weighted by Gasteiger charge is 2.12. The smallest absolute Gasteiger partial charge is 0.189 e. The Hall–Kier alpha value is -2.02. The fourth-order valence-corrected chi connectivity index (χ4v) is 2.07. The van der Waals surface area contributed by atoms with Crippen LogP contribution < -0.4 is 5.73 Å². The van der Waals surface area contributed by atoms with Crippen LogP contribution in [-0.4, -0.2) is 16.0 Å². The summed E-state index contributed by atoms with van der Waals surface area (Å²) >= 11 is 1.12. The highest BCUT2D eigenvalue weighted by atomic mass is 32.1. The van der Waals surface area contributed by atoms with Gasteiger partial charge in [0.05, 0.1) is 0 Å². The molecule has 1 aromatic carbocycles. The van der Waals surface area contributed by atoms with Gasteiger partial charge in [0, 0.05) is 17.0 Å². The van der Waals surface area contributed by atoms with Crippen molar-refractivity contribution in [1.82, 2.24) is 4.98 Å². The molecule has 0 radical (unpaired) electrons. The molecule has 0 saturated heterocycles. The van der Waals surface area contributed by atoms with E-state index in [-0.39, 0.29) is 17.1 Å². The Morgan fingerprint density at radius 1 is 1.41 bits per heavy atom. The van der Waals surface area contributed by atoms with E-state index in [4.69, 9.17) is 10.9 Å². The maximum Gasteiger partial charge on any atom is 0.189 e. The predicted octanol–water partition coefficient (Wildman–Crippen LogP) is 2.18. The highest BCUT2D eigenvalue weighted by molar-refractivity contribution is 7.13. The summed E-state index contributed by atoms with van der Waals surface area (Å²) in [7, 11) is 0. The van der Waals surface area contributed by atoms with Crippen molar-refractivity contribution in [1.29, 1.82) is 0 Å². The number of halogens is 2. The molecule has 1 heterocycles. The van der Waals surface area contributed by atoms with Gasteiger partial charge in [-0.15, -0.1) is 11.3 Å². The number of amidine groups is 1. The minimum atomic E-state index is -0.703. The zero-order valence-corrected chi connectivity index (χ0v) is 9.21. The van der Waals surface area contributed by atoms with Crippen molar-refractivity contribution < 1.29 is 14.0 Å². The molecule has 0 aliphatic heterocycles. The molecule has 4 nitrogen and oxygen atoms in total. The van der Waals surface area contributed by atoms with Crippen molar-refractivity contribution in [2.75, 3.05) is 0 Å². The predicted molar refractivity (Wildman–Crippen MR) is 60.0 cm³/mol. The number of nitrogens with two attached hydrogens (primary N) is 1. The number of hydrogen-bond acceptors (Lipinski definition) is 4. The van der Waals surface area contributed by atoms with Crippen LogP contribution in [0.25, 0.3) is 10.6 Å². The zero-order chi connectivity index (χ0) is 12.4. The summed E-state index contributed by atoms with van der Waals surface area (Å²) in [5.74, 6) is -1.51. The van der Waals surface area contributed by atoms with Crippen molar-refractivity contribution in [3.63, 3.8) is 0 Å². The van der Waals surface area contributed by atoms with Gasteiger partial charge in [0.1, 0.15) is 22.3 Å². The van der Waals surface area contributed by atoms with Crippen molar-refractivity contribution in [3.05, 3.63) is 40.9 Å². The van der Waals surface area contributed by atoms with Crippen LogP contribution in [0.2, 0.25) is 0 Å². The first-order chi connectivity index (χ1) is 8.11. The number of hydrogen-bond donors (Lipinski definition) is 2. The molecule has 3 N–H and O–H groups in total. The summed E-state index contributed by atoms with van der Waals surface area (Å²) in [5, 5.41) is 13.1. The fraction of sp³-hybridized carbons (Fsp3) is 0. The van der Waals surface area contributed by atoms with Gasteiger partial charge in [-0.25, -0.2) is 13.8 Å². The van der Waals surface area contributed by atoms with Gasteiger partial charge in [0.15, 0.2) is 5.84 Å². The normalized spacial score (nSPS) is 11.8. The van der Waals surface area contributed by atoms with E-state index in [0.717, 1.165) is 23.5 Å². The molecule has 2 rings (SSSR count). The van der Waals surface area contributed by atoms with Crippen LogP contribution in [0.3, 0.4) is 0 Å². The van der Waals surface area contributed by atoms with E-state index in [9.17, 15) is 8.78 Å². The lowest BCUT2D eigenvalue weighted by Crippen LogP contribution is -2.13. The number of thiazole rings is 1. The van der Waals surface area contributed by atoms with Crippen LogP contribution in [-0.2, 0) is 0 Å². The van der Waals surface area contributed by atoms with Crippen LogP contribution in [0.15, 0.2) is 28.7 Å². The summed E-state index contributed by atoms with van der Waals surface area (Å²) in [6, 6.07) is 3.21. The molecule has 0 unspecified atom stereocenters. The van der Waals surface area contributed by atoms with Gasteiger partial charge < -0.3 is 10.9 Å². The molecule has 1 aromatic heterocycles. The zero-order valence-electron chi connectivity index (χ0n) is 8.39. The Morgan fingerprint density at radius 3 is 2.82 bits per heavy atom. The summed E-state index contributed by atoms with van der Waals surface area (Å²) in [4.78, 5) is 3.98. The Balaban J connectivity index is 2.44. The van der Waals surface area contributed by atoms with Crippen LogP contribution in [0.1, 0.15) is 5.69 Å². The molecule has 0 aliphatic carbocycles. The first kappa shape index (κ1) is 11.5. The molecule has 0 amide bonds. The van der Waals surface area contributed by atoms with E-state index < -0.39 is 11.6 Å². The molecule has 0 spiro atoms. The number of aromatic nitrogens is 1. The third-order valence-corrected chi connectivity index (χ3v) is 2.91. The van der Waals surface area contributed by atoms with Crippen molar-refractivity contribution >= 4 is 17.2 Å². The van der Waals surface area contributed by atoms with Gasteiger partial charge in [0.2, 0.25) is 0 Å². The Bertz CT molecular complexity index is 583. The van der Waals surface area contributed by atoms with E-state index in [2.05, 4.69) is 10.1 Å². The highest BCUT2D eigenvalue weighted by Crippen LogP contribution is 2.26. The standard InChI is InChI=1S/C10H7F2N3OS/c11-5-1-2-6(7(12)3-5)10-14-8(4-17-10)9(13)15-16/h1-4,16H,(H2,13,15). The van der Waals surface area contributed by atoms with Crippen LogP contribution in [0, 0.1) is 11.6 Å². The second-order valence-electron chi connectivity index (χ2n) is 3.15. The van der Waals surface area contributed by atoms with Gasteiger partial charge in [-0.3, -0.25) is 0 Å². The van der Waals surface area contributed by atoms with Crippen molar-refractivity contribution in [3.8, 4) is 10.6 Å². The Labute approximate surface area is 99.0 Å². The van der Waals surface area contributed by atoms with E-state index in [1.165, 1.54) is 11.4 Å². The summed E-state index contributed by atoms with van der Waals surface area (Å²) in [6.45, 7) is 0. The summed E-state index contributed by atoms with van der Waals surface area (Å²) in [6.07, 6.45) is 0. The minimum absolute atomic E-state index is 0.157. The van der Waals surface area contributed by atoms with Gasteiger partial charge in [0.25, 0.3) is 0 Å². The van der Waals surface area contributed by atoms with E-state index in [0.29, 0.717) is 5.01 Å². The number of rotatable bonds is 2. The Morgan fingerprint density at radius 2 is 2.18 bits per heavy atom. The summed E-state index contributed by atoms with van der Waals surface area (Å²) in [5.41, 5.74) is 5.76. The lowest BCUT2D eigenvalue weighted by Gasteiger charge is -1.98.